The van der Waals surface area contributed by atoms with Crippen molar-refractivity contribution in [2.24, 2.45) is 0 Å². The number of carboxylic acids is 1. The predicted molar refractivity (Wildman–Crippen MR) is 108 cm³/mol. The van der Waals surface area contributed by atoms with E-state index in [1.54, 1.807) is 0 Å². The maximum atomic E-state index is 11.8. The number of benzene rings is 1. The molecule has 0 radical (unpaired) electrons. The molecule has 0 aromatic heterocycles. The van der Waals surface area contributed by atoms with Crippen LogP contribution in [0.5, 0.6) is 0 Å². The number of carbonyl (C=O) groups excluding carboxylic acids is 1. The Morgan fingerprint density at radius 2 is 1.72 bits per heavy atom. The maximum absolute atomic E-state index is 11.8. The van der Waals surface area contributed by atoms with Gasteiger partial charge < -0.3 is 25.5 Å². The molecule has 0 saturated carbocycles. The van der Waals surface area contributed by atoms with Crippen LogP contribution in [0.15, 0.2) is 30.3 Å². The molecule has 2 atom stereocenters. The normalized spacial score (nSPS) is 13.6. The van der Waals surface area contributed by atoms with E-state index in [2.05, 4.69) is 15.2 Å². The lowest BCUT2D eigenvalue weighted by Crippen LogP contribution is -2.46. The van der Waals surface area contributed by atoms with Crippen LogP contribution in [0.1, 0.15) is 44.6 Å². The van der Waals surface area contributed by atoms with Gasteiger partial charge in [-0.1, -0.05) is 36.8 Å². The zero-order valence-electron chi connectivity index (χ0n) is 16.6. The number of nitrogens with one attached hydrogen (secondary N) is 2. The maximum Gasteiger partial charge on any atom is 0.469 e. The highest BCUT2D eigenvalue weighted by atomic mass is 31.2. The Hall–Kier alpha value is -1.77. The van der Waals surface area contributed by atoms with Gasteiger partial charge in [0.1, 0.15) is 6.04 Å². The van der Waals surface area contributed by atoms with E-state index in [-0.39, 0.29) is 5.91 Å². The Morgan fingerprint density at radius 3 is 2.34 bits per heavy atom. The third kappa shape index (κ3) is 12.4. The predicted octanol–water partition coefficient (Wildman–Crippen LogP) is 1.84. The molecule has 9 nitrogen and oxygen atoms in total. The largest absolute Gasteiger partial charge is 0.480 e. The molecule has 0 heterocycles. The summed E-state index contributed by atoms with van der Waals surface area (Å²) in [4.78, 5) is 40.6. The molecule has 10 heteroatoms. The second-order valence-electron chi connectivity index (χ2n) is 6.82. The number of hydrogen-bond donors (Lipinski definition) is 5. The minimum atomic E-state index is -4.75. The van der Waals surface area contributed by atoms with Gasteiger partial charge in [-0.15, -0.1) is 0 Å². The highest BCUT2D eigenvalue weighted by Crippen LogP contribution is 2.38. The van der Waals surface area contributed by atoms with Crippen molar-refractivity contribution in [2.45, 2.75) is 57.6 Å². The Balaban J connectivity index is 2.09. The van der Waals surface area contributed by atoms with Crippen molar-refractivity contribution in [3.63, 3.8) is 0 Å². The fourth-order valence-electron chi connectivity index (χ4n) is 2.83. The van der Waals surface area contributed by atoms with Gasteiger partial charge >= 0.3 is 13.8 Å². The lowest BCUT2D eigenvalue weighted by atomic mass is 10.1. The summed E-state index contributed by atoms with van der Waals surface area (Å²) in [7, 11) is -4.75. The highest BCUT2D eigenvalue weighted by Gasteiger charge is 2.30. The van der Waals surface area contributed by atoms with Crippen molar-refractivity contribution < 1.29 is 33.6 Å². The molecule has 164 valence electrons. The van der Waals surface area contributed by atoms with Crippen molar-refractivity contribution in [1.29, 1.82) is 0 Å². The topological polar surface area (TPSA) is 145 Å². The third-order valence-corrected chi connectivity index (χ3v) is 4.90. The zero-order valence-corrected chi connectivity index (χ0v) is 17.5. The van der Waals surface area contributed by atoms with Gasteiger partial charge in [-0.05, 0) is 44.7 Å². The number of carboxylic acid groups (broad SMARTS) is 1. The van der Waals surface area contributed by atoms with E-state index in [4.69, 9.17) is 14.9 Å². The fourth-order valence-corrected chi connectivity index (χ4v) is 3.38. The minimum Gasteiger partial charge on any atom is -0.480 e. The number of phosphoric acid groups is 1. The summed E-state index contributed by atoms with van der Waals surface area (Å²) in [5, 5.41) is 14.7. The molecular formula is C19H31N2O7P. The molecule has 0 saturated heterocycles. The van der Waals surface area contributed by atoms with Gasteiger partial charge in [0.05, 0.1) is 6.10 Å². The third-order valence-electron chi connectivity index (χ3n) is 4.29. The quantitative estimate of drug-likeness (QED) is 0.209. The molecule has 0 spiro atoms. The Labute approximate surface area is 171 Å². The van der Waals surface area contributed by atoms with Crippen LogP contribution in [0.3, 0.4) is 0 Å². The van der Waals surface area contributed by atoms with Crippen molar-refractivity contribution >= 4 is 19.7 Å². The Kier molecular flexibility index (Phi) is 11.7. The number of aryl methyl sites for hydroxylation is 1. The molecule has 0 unspecified atom stereocenters. The first-order valence-electron chi connectivity index (χ1n) is 9.70. The molecule has 5 N–H and O–H groups in total. The number of carbonyl (C=O) groups is 2. The Bertz CT molecular complexity index is 666. The van der Waals surface area contributed by atoms with Crippen molar-refractivity contribution in [3.8, 4) is 0 Å². The van der Waals surface area contributed by atoms with Gasteiger partial charge in [0.25, 0.3) is 0 Å². The van der Waals surface area contributed by atoms with Crippen molar-refractivity contribution in [2.75, 3.05) is 13.1 Å². The Morgan fingerprint density at radius 1 is 1.07 bits per heavy atom. The van der Waals surface area contributed by atoms with Crippen LogP contribution in [0.25, 0.3) is 0 Å². The van der Waals surface area contributed by atoms with Crippen LogP contribution in [0.4, 0.5) is 0 Å². The van der Waals surface area contributed by atoms with Crippen molar-refractivity contribution in [1.82, 2.24) is 10.6 Å². The van der Waals surface area contributed by atoms with E-state index in [1.807, 2.05) is 30.3 Å². The van der Waals surface area contributed by atoms with E-state index < -0.39 is 25.9 Å². The number of aliphatic carboxylic acids is 1. The van der Waals surface area contributed by atoms with Gasteiger partial charge in [0.15, 0.2) is 0 Å². The SMILES string of the molecule is C[C@H](OP(=O)(O)O)[C@H](NCCCCCNC(=O)CCCc1ccccc1)C(=O)O. The van der Waals surface area contributed by atoms with Crippen molar-refractivity contribution in [3.05, 3.63) is 35.9 Å². The molecule has 0 bridgehead atoms. The van der Waals surface area contributed by atoms with Crippen LogP contribution in [0, 0.1) is 0 Å². The summed E-state index contributed by atoms with van der Waals surface area (Å²) >= 11 is 0. The smallest absolute Gasteiger partial charge is 0.469 e. The number of amides is 1. The standard InChI is InChI=1S/C19H31N2O7P/c1-15(28-29(25,26)27)18(19(23)24)21-14-7-3-6-13-20-17(22)12-8-11-16-9-4-2-5-10-16/h2,4-5,9-10,15,18,21H,3,6-8,11-14H2,1H3,(H,20,22)(H,23,24)(H2,25,26,27)/t15-,18-/m0/s1. The number of phosphoric ester groups is 1. The number of rotatable bonds is 15. The zero-order chi connectivity index (χ0) is 21.7. The molecule has 1 amide bonds. The number of hydrogen-bond acceptors (Lipinski definition) is 5. The summed E-state index contributed by atoms with van der Waals surface area (Å²) in [5.74, 6) is -1.22. The number of unbranched alkanes of at least 4 members (excludes halogenated alkanes) is 2. The average molecular weight is 430 g/mol. The first kappa shape index (κ1) is 25.3. The van der Waals surface area contributed by atoms with Crippen LogP contribution in [-0.2, 0) is 25.1 Å². The molecule has 29 heavy (non-hydrogen) atoms. The van der Waals surface area contributed by atoms with Crippen LogP contribution < -0.4 is 10.6 Å². The minimum absolute atomic E-state index is 0.0217. The lowest BCUT2D eigenvalue weighted by molar-refractivity contribution is -0.141. The molecule has 0 aliphatic rings. The summed E-state index contributed by atoms with van der Waals surface area (Å²) in [6.07, 6.45) is 3.17. The molecule has 0 aliphatic heterocycles. The van der Waals surface area contributed by atoms with Gasteiger partial charge in [-0.25, -0.2) is 4.57 Å². The van der Waals surface area contributed by atoms with Gasteiger partial charge in [-0.2, -0.15) is 0 Å². The molecule has 0 fully saturated rings. The van der Waals surface area contributed by atoms with E-state index in [1.165, 1.54) is 12.5 Å². The molecule has 1 aromatic carbocycles. The molecule has 1 aromatic rings. The summed E-state index contributed by atoms with van der Waals surface area (Å²) in [5.41, 5.74) is 1.22. The molecule has 1 rings (SSSR count). The second-order valence-corrected chi connectivity index (χ2v) is 8.01. The summed E-state index contributed by atoms with van der Waals surface area (Å²) in [6, 6.07) is 8.79. The van der Waals surface area contributed by atoms with Gasteiger partial charge in [0, 0.05) is 13.0 Å². The van der Waals surface area contributed by atoms with Gasteiger partial charge in [-0.3, -0.25) is 14.1 Å². The summed E-state index contributed by atoms with van der Waals surface area (Å²) in [6.45, 7) is 2.21. The highest BCUT2D eigenvalue weighted by molar-refractivity contribution is 7.46. The van der Waals surface area contributed by atoms with Crippen LogP contribution in [-0.4, -0.2) is 52.0 Å². The first-order valence-corrected chi connectivity index (χ1v) is 11.2. The van der Waals surface area contributed by atoms with E-state index in [0.717, 1.165) is 25.7 Å². The van der Waals surface area contributed by atoms with E-state index in [0.29, 0.717) is 25.9 Å². The summed E-state index contributed by atoms with van der Waals surface area (Å²) < 4.78 is 15.2. The monoisotopic (exact) mass is 430 g/mol. The van der Waals surface area contributed by atoms with E-state index >= 15 is 0 Å². The average Bonchev–Trinajstić information content (AvgIpc) is 2.63. The van der Waals surface area contributed by atoms with Crippen LogP contribution in [0.2, 0.25) is 0 Å². The van der Waals surface area contributed by atoms with E-state index in [9.17, 15) is 14.2 Å². The molecule has 0 aliphatic carbocycles. The lowest BCUT2D eigenvalue weighted by Gasteiger charge is -2.21. The van der Waals surface area contributed by atoms with Crippen LogP contribution >= 0.6 is 7.82 Å². The van der Waals surface area contributed by atoms with Gasteiger partial charge in [0.2, 0.25) is 5.91 Å². The fraction of sp³-hybridized carbons (Fsp3) is 0.579. The second kappa shape index (κ2) is 13.5. The molecular weight excluding hydrogens is 399 g/mol. The first-order chi connectivity index (χ1) is 13.7.